The minimum absolute atomic E-state index is 0.113. The van der Waals surface area contributed by atoms with Crippen molar-refractivity contribution in [3.05, 3.63) is 83.3 Å². The molecule has 0 bridgehead atoms. The van der Waals surface area contributed by atoms with E-state index in [4.69, 9.17) is 4.74 Å². The number of ether oxygens (including phenoxy) is 1. The van der Waals surface area contributed by atoms with Crippen molar-refractivity contribution < 1.29 is 9.53 Å². The van der Waals surface area contributed by atoms with E-state index in [1.807, 2.05) is 73.0 Å². The third-order valence-corrected chi connectivity index (χ3v) is 6.51. The summed E-state index contributed by atoms with van der Waals surface area (Å²) in [5.74, 6) is 1.12. The van der Waals surface area contributed by atoms with Crippen molar-refractivity contribution in [3.63, 3.8) is 0 Å². The number of hydrogen-bond donors (Lipinski definition) is 1. The van der Waals surface area contributed by atoms with Crippen molar-refractivity contribution in [2.75, 3.05) is 18.2 Å². The van der Waals surface area contributed by atoms with Gasteiger partial charge < -0.3 is 14.6 Å². The van der Waals surface area contributed by atoms with Crippen LogP contribution < -0.4 is 10.1 Å². The molecule has 9 heteroatoms. The van der Waals surface area contributed by atoms with Gasteiger partial charge >= 0.3 is 0 Å². The third-order valence-electron chi connectivity index (χ3n) is 5.56. The first-order chi connectivity index (χ1) is 16.5. The van der Waals surface area contributed by atoms with Gasteiger partial charge in [0.05, 0.1) is 24.1 Å². The molecule has 0 aliphatic rings. The van der Waals surface area contributed by atoms with Crippen molar-refractivity contribution in [1.82, 2.24) is 19.3 Å². The zero-order valence-electron chi connectivity index (χ0n) is 19.1. The van der Waals surface area contributed by atoms with Crippen molar-refractivity contribution in [3.8, 4) is 17.5 Å². The van der Waals surface area contributed by atoms with Gasteiger partial charge in [0.1, 0.15) is 24.0 Å². The number of benzene rings is 2. The molecule has 0 aliphatic heterocycles. The van der Waals surface area contributed by atoms with Crippen LogP contribution in [0.15, 0.2) is 66.1 Å². The van der Waals surface area contributed by atoms with Crippen molar-refractivity contribution in [2.24, 2.45) is 0 Å². The lowest BCUT2D eigenvalue weighted by Crippen LogP contribution is -2.19. The molecule has 8 nitrogen and oxygen atoms in total. The van der Waals surface area contributed by atoms with Gasteiger partial charge in [0.2, 0.25) is 5.91 Å². The zero-order valence-corrected chi connectivity index (χ0v) is 20.0. The number of amides is 1. The fourth-order valence-corrected chi connectivity index (χ4v) is 4.38. The summed E-state index contributed by atoms with van der Waals surface area (Å²) in [6, 6.07) is 19.7. The molecule has 0 radical (unpaired) electrons. The minimum Gasteiger partial charge on any atom is -0.497 e. The first-order valence-corrected chi connectivity index (χ1v) is 11.6. The Bertz CT molecular complexity index is 1350. The molecule has 4 aromatic rings. The highest BCUT2D eigenvalue weighted by atomic mass is 32.2. The zero-order chi connectivity index (χ0) is 24.1. The molecule has 0 saturated carbocycles. The highest BCUT2D eigenvalue weighted by Gasteiger charge is 2.20. The molecule has 1 amide bonds. The average Bonchev–Trinajstić information content (AvgIpc) is 3.42. The molecular formula is C25H24N6O2S. The summed E-state index contributed by atoms with van der Waals surface area (Å²) in [4.78, 5) is 12.9. The van der Waals surface area contributed by atoms with Crippen LogP contribution in [0, 0.1) is 25.2 Å². The maximum absolute atomic E-state index is 12.9. The number of thioether (sulfide) groups is 1. The van der Waals surface area contributed by atoms with Crippen molar-refractivity contribution >= 4 is 23.5 Å². The van der Waals surface area contributed by atoms with Crippen LogP contribution in [0.5, 0.6) is 5.75 Å². The van der Waals surface area contributed by atoms with E-state index < -0.39 is 0 Å². The normalized spacial score (nSPS) is 10.6. The lowest BCUT2D eigenvalue weighted by Gasteiger charge is -2.13. The van der Waals surface area contributed by atoms with Crippen molar-refractivity contribution in [1.29, 1.82) is 5.26 Å². The number of nitriles is 1. The molecule has 34 heavy (non-hydrogen) atoms. The number of methoxy groups -OCH3 is 1. The molecule has 0 fully saturated rings. The second-order valence-electron chi connectivity index (χ2n) is 7.64. The fourth-order valence-electron chi connectivity index (χ4n) is 3.65. The molecular weight excluding hydrogens is 448 g/mol. The fraction of sp³-hybridized carbons (Fsp3) is 0.200. The second kappa shape index (κ2) is 10.3. The summed E-state index contributed by atoms with van der Waals surface area (Å²) < 4.78 is 9.07. The molecule has 4 rings (SSSR count). The Balaban J connectivity index is 1.52. The molecule has 2 heterocycles. The van der Waals surface area contributed by atoms with E-state index in [-0.39, 0.29) is 11.7 Å². The Labute approximate surface area is 202 Å². The quantitative estimate of drug-likeness (QED) is 0.383. The summed E-state index contributed by atoms with van der Waals surface area (Å²) in [5.41, 5.74) is 4.20. The predicted octanol–water partition coefficient (Wildman–Crippen LogP) is 4.35. The van der Waals surface area contributed by atoms with Gasteiger partial charge in [-0.05, 0) is 37.1 Å². The average molecular weight is 473 g/mol. The van der Waals surface area contributed by atoms with Gasteiger partial charge in [0, 0.05) is 18.3 Å². The van der Waals surface area contributed by atoms with Crippen LogP contribution >= 0.6 is 11.8 Å². The van der Waals surface area contributed by atoms with Gasteiger partial charge in [-0.1, -0.05) is 48.2 Å². The maximum atomic E-state index is 12.9. The molecule has 0 spiro atoms. The number of hydrogen-bond acceptors (Lipinski definition) is 6. The van der Waals surface area contributed by atoms with Gasteiger partial charge in [0.15, 0.2) is 5.16 Å². The standard InChI is InChI=1S/C25H24N6O2S/c1-17-18(2)30(14-19-8-5-4-6-9-19)24(22(17)13-26)28-23(32)15-34-25-29-27-16-31(25)20-10-7-11-21(12-20)33-3/h4-12,16H,14-15H2,1-3H3,(H,28,32). The Morgan fingerprint density at radius 2 is 1.97 bits per heavy atom. The van der Waals surface area contributed by atoms with Gasteiger partial charge in [0.25, 0.3) is 0 Å². The SMILES string of the molecule is COc1cccc(-n2cnnc2SCC(=O)Nc2c(C#N)c(C)c(C)n2Cc2ccccc2)c1. The van der Waals surface area contributed by atoms with E-state index in [1.165, 1.54) is 11.8 Å². The highest BCUT2D eigenvalue weighted by molar-refractivity contribution is 7.99. The van der Waals surface area contributed by atoms with Gasteiger partial charge in [-0.2, -0.15) is 5.26 Å². The second-order valence-corrected chi connectivity index (χ2v) is 8.58. The van der Waals surface area contributed by atoms with Crippen LogP contribution in [0.4, 0.5) is 5.82 Å². The van der Waals surface area contributed by atoms with E-state index in [9.17, 15) is 10.1 Å². The summed E-state index contributed by atoms with van der Waals surface area (Å²) in [5, 5.41) is 21.4. The number of aromatic nitrogens is 4. The molecule has 2 aromatic carbocycles. The van der Waals surface area contributed by atoms with Crippen LogP contribution in [0.3, 0.4) is 0 Å². The molecule has 0 atom stereocenters. The van der Waals surface area contributed by atoms with Crippen LogP contribution in [0.25, 0.3) is 5.69 Å². The first-order valence-electron chi connectivity index (χ1n) is 10.6. The van der Waals surface area contributed by atoms with E-state index in [0.29, 0.717) is 28.8 Å². The number of rotatable bonds is 8. The molecule has 0 aliphatic carbocycles. The lowest BCUT2D eigenvalue weighted by molar-refractivity contribution is -0.113. The summed E-state index contributed by atoms with van der Waals surface area (Å²) in [7, 11) is 1.61. The third kappa shape index (κ3) is 4.82. The van der Waals surface area contributed by atoms with Gasteiger partial charge in [-0.15, -0.1) is 10.2 Å². The maximum Gasteiger partial charge on any atom is 0.235 e. The van der Waals surface area contributed by atoms with Crippen LogP contribution in [0.1, 0.15) is 22.4 Å². The number of carbonyl (C=O) groups excluding carboxylic acids is 1. The monoisotopic (exact) mass is 472 g/mol. The van der Waals surface area contributed by atoms with Gasteiger partial charge in [-0.3, -0.25) is 9.36 Å². The molecule has 2 aromatic heterocycles. The number of carbonyl (C=O) groups is 1. The molecule has 0 unspecified atom stereocenters. The Morgan fingerprint density at radius 1 is 1.18 bits per heavy atom. The Morgan fingerprint density at radius 3 is 2.71 bits per heavy atom. The summed E-state index contributed by atoms with van der Waals surface area (Å²) in [6.45, 7) is 4.42. The van der Waals surface area contributed by atoms with Crippen LogP contribution in [0.2, 0.25) is 0 Å². The van der Waals surface area contributed by atoms with E-state index in [1.54, 1.807) is 18.0 Å². The number of nitrogens with zero attached hydrogens (tertiary/aromatic N) is 5. The molecule has 172 valence electrons. The lowest BCUT2D eigenvalue weighted by atomic mass is 10.2. The van der Waals surface area contributed by atoms with Gasteiger partial charge in [-0.25, -0.2) is 0 Å². The Hall–Kier alpha value is -4.03. The Kier molecular flexibility index (Phi) is 6.99. The smallest absolute Gasteiger partial charge is 0.235 e. The van der Waals surface area contributed by atoms with E-state index in [0.717, 1.165) is 22.5 Å². The van der Waals surface area contributed by atoms with Crippen LogP contribution in [-0.4, -0.2) is 38.1 Å². The largest absolute Gasteiger partial charge is 0.497 e. The molecule has 0 saturated heterocycles. The van der Waals surface area contributed by atoms with E-state index in [2.05, 4.69) is 21.6 Å². The molecule has 1 N–H and O–H groups in total. The predicted molar refractivity (Wildman–Crippen MR) is 131 cm³/mol. The first kappa shape index (κ1) is 23.1. The number of anilines is 1. The highest BCUT2D eigenvalue weighted by Crippen LogP contribution is 2.28. The van der Waals surface area contributed by atoms with Crippen molar-refractivity contribution in [2.45, 2.75) is 25.5 Å². The van der Waals surface area contributed by atoms with Crippen LogP contribution in [-0.2, 0) is 11.3 Å². The summed E-state index contributed by atoms with van der Waals surface area (Å²) >= 11 is 1.27. The number of nitrogens with one attached hydrogen (secondary N) is 1. The minimum atomic E-state index is -0.228. The summed E-state index contributed by atoms with van der Waals surface area (Å²) in [6.07, 6.45) is 1.60. The topological polar surface area (TPSA) is 97.8 Å². The van der Waals surface area contributed by atoms with E-state index >= 15 is 0 Å².